The smallest absolute Gasteiger partial charge is 0.332 e. The number of ether oxygens (including phenoxy) is 1. The second kappa shape index (κ2) is 12.3. The van der Waals surface area contributed by atoms with Crippen molar-refractivity contribution in [2.75, 3.05) is 0 Å². The molecule has 0 unspecified atom stereocenters. The molecule has 0 aromatic heterocycles. The highest BCUT2D eigenvalue weighted by molar-refractivity contribution is 6.13. The summed E-state index contributed by atoms with van der Waals surface area (Å²) in [6.45, 7) is 5.52. The molecule has 4 aromatic rings. The largest absolute Gasteiger partial charge is 0.458 e. The second-order valence-electron chi connectivity index (χ2n) is 10.2. The molecule has 4 rings (SSSR count). The zero-order valence-electron chi connectivity index (χ0n) is 22.1. The Morgan fingerprint density at radius 3 is 1.53 bits per heavy atom. The number of esters is 1. The van der Waals surface area contributed by atoms with E-state index < -0.39 is 23.5 Å². The number of carbonyl (C=O) groups is 2. The first kappa shape index (κ1) is 26.7. The molecule has 0 saturated carbocycles. The van der Waals surface area contributed by atoms with E-state index in [0.717, 1.165) is 16.7 Å². The van der Waals surface area contributed by atoms with Gasteiger partial charge in [-0.25, -0.2) is 4.79 Å². The zero-order valence-corrected chi connectivity index (χ0v) is 22.1. The lowest BCUT2D eigenvalue weighted by Crippen LogP contribution is -2.36. The molecular weight excluding hydrogens is 470 g/mol. The summed E-state index contributed by atoms with van der Waals surface area (Å²) >= 11 is 0. The molecule has 2 atom stereocenters. The van der Waals surface area contributed by atoms with Crippen molar-refractivity contribution in [1.29, 1.82) is 0 Å². The quantitative estimate of drug-likeness (QED) is 0.137. The van der Waals surface area contributed by atoms with Crippen LogP contribution < -0.4 is 0 Å². The van der Waals surface area contributed by atoms with Crippen LogP contribution in [-0.4, -0.2) is 29.1 Å². The molecule has 0 bridgehead atoms. The maximum Gasteiger partial charge on any atom is 0.332 e. The van der Waals surface area contributed by atoms with Gasteiger partial charge in [0.1, 0.15) is 5.60 Å². The van der Waals surface area contributed by atoms with Gasteiger partial charge in [-0.15, -0.1) is 0 Å². The predicted octanol–water partition coefficient (Wildman–Crippen LogP) is 7.29. The summed E-state index contributed by atoms with van der Waals surface area (Å²) in [5, 5.41) is 0. The highest BCUT2D eigenvalue weighted by Gasteiger charge is 2.35. The minimum atomic E-state index is -0.945. The van der Waals surface area contributed by atoms with Crippen molar-refractivity contribution in [2.45, 2.75) is 44.8 Å². The van der Waals surface area contributed by atoms with Crippen LogP contribution in [0, 0.1) is 0 Å². The SMILES string of the molecule is CC(C)(C)OC(=O)[C@H](N=C(c1ccccc1)c1ccccc1)[C@@H](CC(=O)c1ccccc1)c1ccccc1. The summed E-state index contributed by atoms with van der Waals surface area (Å²) in [5.41, 5.74) is 3.19. The van der Waals surface area contributed by atoms with Crippen molar-refractivity contribution in [3.63, 3.8) is 0 Å². The van der Waals surface area contributed by atoms with Gasteiger partial charge in [0.25, 0.3) is 0 Å². The Kier molecular flexibility index (Phi) is 8.65. The average molecular weight is 504 g/mol. The van der Waals surface area contributed by atoms with E-state index in [4.69, 9.17) is 9.73 Å². The maximum absolute atomic E-state index is 13.8. The molecule has 0 amide bonds. The summed E-state index contributed by atoms with van der Waals surface area (Å²) in [5.74, 6) is -1.04. The van der Waals surface area contributed by atoms with Gasteiger partial charge < -0.3 is 4.74 Å². The third kappa shape index (κ3) is 7.13. The first-order valence-corrected chi connectivity index (χ1v) is 12.9. The van der Waals surface area contributed by atoms with Crippen LogP contribution >= 0.6 is 0 Å². The van der Waals surface area contributed by atoms with E-state index in [1.165, 1.54) is 0 Å². The van der Waals surface area contributed by atoms with Crippen molar-refractivity contribution in [3.8, 4) is 0 Å². The number of Topliss-reactive ketones (excluding diaryl/α,β-unsaturated/α-hetero) is 1. The van der Waals surface area contributed by atoms with Gasteiger partial charge in [-0.2, -0.15) is 0 Å². The first-order chi connectivity index (χ1) is 18.3. The molecule has 0 saturated heterocycles. The molecule has 0 spiro atoms. The molecule has 38 heavy (non-hydrogen) atoms. The number of rotatable bonds is 9. The Labute approximate surface area is 225 Å². The fourth-order valence-electron chi connectivity index (χ4n) is 4.37. The molecule has 4 nitrogen and oxygen atoms in total. The number of benzene rings is 4. The van der Waals surface area contributed by atoms with Gasteiger partial charge >= 0.3 is 5.97 Å². The molecule has 0 heterocycles. The second-order valence-corrected chi connectivity index (χ2v) is 10.2. The molecule has 4 heteroatoms. The van der Waals surface area contributed by atoms with Gasteiger partial charge in [0.15, 0.2) is 11.8 Å². The number of nitrogens with zero attached hydrogens (tertiary/aromatic N) is 1. The van der Waals surface area contributed by atoms with Crippen LogP contribution in [0.5, 0.6) is 0 Å². The molecule has 0 aliphatic heterocycles. The Hall–Kier alpha value is -4.31. The van der Waals surface area contributed by atoms with Crippen LogP contribution in [0.1, 0.15) is 60.2 Å². The summed E-state index contributed by atoms with van der Waals surface area (Å²) in [6.07, 6.45) is 0.109. The van der Waals surface area contributed by atoms with Crippen molar-refractivity contribution in [1.82, 2.24) is 0 Å². The van der Waals surface area contributed by atoms with Gasteiger partial charge in [-0.3, -0.25) is 9.79 Å². The van der Waals surface area contributed by atoms with E-state index in [1.54, 1.807) is 12.1 Å². The lowest BCUT2D eigenvalue weighted by molar-refractivity contribution is -0.156. The molecule has 0 fully saturated rings. The molecule has 0 N–H and O–H groups in total. The van der Waals surface area contributed by atoms with Crippen molar-refractivity contribution >= 4 is 17.5 Å². The van der Waals surface area contributed by atoms with Gasteiger partial charge in [0.05, 0.1) is 5.71 Å². The topological polar surface area (TPSA) is 55.7 Å². The number of hydrogen-bond donors (Lipinski definition) is 0. The van der Waals surface area contributed by atoms with Gasteiger partial charge in [-0.1, -0.05) is 121 Å². The number of aliphatic imine (C=N–C) groups is 1. The maximum atomic E-state index is 13.8. The van der Waals surface area contributed by atoms with E-state index in [1.807, 2.05) is 130 Å². The third-order valence-electron chi connectivity index (χ3n) is 6.12. The number of carbonyl (C=O) groups excluding carboxylic acids is 2. The highest BCUT2D eigenvalue weighted by atomic mass is 16.6. The van der Waals surface area contributed by atoms with Gasteiger partial charge in [-0.05, 0) is 26.3 Å². The summed E-state index contributed by atoms with van der Waals surface area (Å²) < 4.78 is 5.90. The minimum Gasteiger partial charge on any atom is -0.458 e. The monoisotopic (exact) mass is 503 g/mol. The third-order valence-corrected chi connectivity index (χ3v) is 6.12. The van der Waals surface area contributed by atoms with E-state index in [0.29, 0.717) is 11.3 Å². The number of ketones is 1. The molecule has 0 radical (unpaired) electrons. The average Bonchev–Trinajstić information content (AvgIpc) is 2.93. The lowest BCUT2D eigenvalue weighted by Gasteiger charge is -2.28. The van der Waals surface area contributed by atoms with E-state index in [2.05, 4.69) is 0 Å². The Bertz CT molecular complexity index is 1320. The van der Waals surface area contributed by atoms with Crippen LogP contribution in [0.25, 0.3) is 0 Å². The molecular formula is C34H33NO3. The summed E-state index contributed by atoms with van der Waals surface area (Å²) in [7, 11) is 0. The summed E-state index contributed by atoms with van der Waals surface area (Å²) in [6, 6.07) is 37.5. The van der Waals surface area contributed by atoms with Crippen molar-refractivity contribution in [3.05, 3.63) is 144 Å². The lowest BCUT2D eigenvalue weighted by atomic mass is 9.85. The van der Waals surface area contributed by atoms with E-state index in [-0.39, 0.29) is 12.2 Å². The van der Waals surface area contributed by atoms with Crippen LogP contribution in [-0.2, 0) is 9.53 Å². The van der Waals surface area contributed by atoms with Crippen molar-refractivity contribution in [2.24, 2.45) is 4.99 Å². The van der Waals surface area contributed by atoms with E-state index in [9.17, 15) is 9.59 Å². The van der Waals surface area contributed by atoms with Gasteiger partial charge in [0, 0.05) is 29.0 Å². The van der Waals surface area contributed by atoms with Crippen LogP contribution in [0.4, 0.5) is 0 Å². The Morgan fingerprint density at radius 2 is 1.08 bits per heavy atom. The normalized spacial score (nSPS) is 12.7. The number of hydrogen-bond acceptors (Lipinski definition) is 4. The molecule has 0 aliphatic rings. The molecule has 192 valence electrons. The molecule has 4 aromatic carbocycles. The fraction of sp³-hybridized carbons (Fsp3) is 0.206. The van der Waals surface area contributed by atoms with Crippen LogP contribution in [0.3, 0.4) is 0 Å². The van der Waals surface area contributed by atoms with Crippen LogP contribution in [0.15, 0.2) is 126 Å². The first-order valence-electron chi connectivity index (χ1n) is 12.9. The Balaban J connectivity index is 1.88. The predicted molar refractivity (Wildman–Crippen MR) is 153 cm³/mol. The highest BCUT2D eigenvalue weighted by Crippen LogP contribution is 2.31. The zero-order chi connectivity index (χ0) is 27.0. The fourth-order valence-corrected chi connectivity index (χ4v) is 4.37. The van der Waals surface area contributed by atoms with E-state index >= 15 is 0 Å². The summed E-state index contributed by atoms with van der Waals surface area (Å²) in [4.78, 5) is 32.4. The van der Waals surface area contributed by atoms with Crippen molar-refractivity contribution < 1.29 is 14.3 Å². The minimum absolute atomic E-state index is 0.0517. The van der Waals surface area contributed by atoms with Crippen LogP contribution in [0.2, 0.25) is 0 Å². The molecule has 0 aliphatic carbocycles. The van der Waals surface area contributed by atoms with Gasteiger partial charge in [0.2, 0.25) is 0 Å². The standard InChI is InChI=1S/C34H33NO3/c1-34(2,3)38-33(37)32(35-31(27-20-12-6-13-21-27)28-22-14-7-15-23-28)29(25-16-8-4-9-17-25)24-30(36)26-18-10-5-11-19-26/h4-23,29,32H,24H2,1-3H3/t29-,32+/m0/s1. The Morgan fingerprint density at radius 1 is 0.658 bits per heavy atom.